The molecule has 1 saturated carbocycles. The molecule has 242 valence electrons. The van der Waals surface area contributed by atoms with E-state index in [9.17, 15) is 18.0 Å². The zero-order chi connectivity index (χ0) is 32.6. The number of aryl methyl sites for hydroxylation is 2. The first-order valence-corrected chi connectivity index (χ1v) is 18.2. The molecule has 0 aromatic heterocycles. The number of rotatable bonds is 13. The van der Waals surface area contributed by atoms with Crippen LogP contribution in [0.25, 0.3) is 0 Å². The van der Waals surface area contributed by atoms with Crippen molar-refractivity contribution in [2.24, 2.45) is 0 Å². The van der Waals surface area contributed by atoms with Crippen molar-refractivity contribution in [1.82, 2.24) is 10.2 Å². The summed E-state index contributed by atoms with van der Waals surface area (Å²) in [4.78, 5) is 29.8. The van der Waals surface area contributed by atoms with E-state index in [1.807, 2.05) is 62.4 Å². The summed E-state index contributed by atoms with van der Waals surface area (Å²) >= 11 is 13.1. The number of nitrogens with zero attached hydrogens (tertiary/aromatic N) is 2. The van der Waals surface area contributed by atoms with Gasteiger partial charge in [-0.05, 0) is 68.0 Å². The van der Waals surface area contributed by atoms with Crippen LogP contribution in [0.4, 0.5) is 5.69 Å². The standard InChI is InChI=1S/C35H43Cl2N3O4S/c1-25-19-20-26(2)32(22-25)40(45(3,43)44)21-11-18-34(41)39(24-29-30(36)16-10-17-31(29)37)33(23-27-12-6-4-7-13-27)35(42)38-28-14-8-5-9-15-28/h4,6-7,10,12-13,16-17,19-20,22,28,33H,5,8-9,11,14-15,18,21,23-24H2,1-3H3,(H,38,42)/t33-/m0/s1. The molecule has 1 aliphatic rings. The van der Waals surface area contributed by atoms with Crippen molar-refractivity contribution in [3.05, 3.63) is 99.0 Å². The van der Waals surface area contributed by atoms with Crippen LogP contribution in [0.2, 0.25) is 10.0 Å². The molecular weight excluding hydrogens is 629 g/mol. The molecule has 0 spiro atoms. The third kappa shape index (κ3) is 9.71. The maximum atomic E-state index is 14.2. The molecule has 45 heavy (non-hydrogen) atoms. The molecule has 1 aliphatic carbocycles. The molecule has 0 saturated heterocycles. The summed E-state index contributed by atoms with van der Waals surface area (Å²) in [7, 11) is -3.61. The monoisotopic (exact) mass is 671 g/mol. The lowest BCUT2D eigenvalue weighted by Crippen LogP contribution is -2.53. The van der Waals surface area contributed by atoms with Gasteiger partial charge >= 0.3 is 0 Å². The minimum atomic E-state index is -3.61. The summed E-state index contributed by atoms with van der Waals surface area (Å²) in [6, 6.07) is 19.7. The maximum absolute atomic E-state index is 14.2. The predicted octanol–water partition coefficient (Wildman–Crippen LogP) is 7.25. The predicted molar refractivity (Wildman–Crippen MR) is 183 cm³/mol. The van der Waals surface area contributed by atoms with Gasteiger partial charge in [-0.15, -0.1) is 0 Å². The highest BCUT2D eigenvalue weighted by molar-refractivity contribution is 7.92. The van der Waals surface area contributed by atoms with E-state index in [1.54, 1.807) is 23.1 Å². The molecule has 1 atom stereocenters. The van der Waals surface area contributed by atoms with E-state index < -0.39 is 16.1 Å². The van der Waals surface area contributed by atoms with Gasteiger partial charge in [0.15, 0.2) is 0 Å². The third-order valence-electron chi connectivity index (χ3n) is 8.40. The normalized spacial score (nSPS) is 14.5. The van der Waals surface area contributed by atoms with E-state index in [0.29, 0.717) is 27.7 Å². The Morgan fingerprint density at radius 3 is 2.24 bits per heavy atom. The van der Waals surface area contributed by atoms with Gasteiger partial charge in [-0.2, -0.15) is 0 Å². The van der Waals surface area contributed by atoms with Crippen molar-refractivity contribution in [2.75, 3.05) is 17.1 Å². The molecule has 0 unspecified atom stereocenters. The third-order valence-corrected chi connectivity index (χ3v) is 10.3. The number of benzene rings is 3. The summed E-state index contributed by atoms with van der Waals surface area (Å²) in [5.74, 6) is -0.490. The van der Waals surface area contributed by atoms with Gasteiger partial charge in [-0.3, -0.25) is 13.9 Å². The lowest BCUT2D eigenvalue weighted by atomic mass is 9.94. The number of carbonyl (C=O) groups is 2. The smallest absolute Gasteiger partial charge is 0.243 e. The Morgan fingerprint density at radius 2 is 1.60 bits per heavy atom. The lowest BCUT2D eigenvalue weighted by molar-refractivity contribution is -0.141. The molecule has 0 radical (unpaired) electrons. The van der Waals surface area contributed by atoms with E-state index in [0.717, 1.165) is 48.8 Å². The highest BCUT2D eigenvalue weighted by atomic mass is 35.5. The van der Waals surface area contributed by atoms with Crippen LogP contribution in [0, 0.1) is 13.8 Å². The topological polar surface area (TPSA) is 86.8 Å². The lowest BCUT2D eigenvalue weighted by Gasteiger charge is -2.34. The van der Waals surface area contributed by atoms with Gasteiger partial charge in [-0.25, -0.2) is 8.42 Å². The number of carbonyl (C=O) groups excluding carboxylic acids is 2. The molecule has 0 aliphatic heterocycles. The number of sulfonamides is 1. The quantitative estimate of drug-likeness (QED) is 0.207. The van der Waals surface area contributed by atoms with Crippen LogP contribution in [-0.2, 0) is 32.6 Å². The van der Waals surface area contributed by atoms with Gasteiger partial charge in [-0.1, -0.05) is 91.0 Å². The minimum Gasteiger partial charge on any atom is -0.352 e. The van der Waals surface area contributed by atoms with Crippen molar-refractivity contribution < 1.29 is 18.0 Å². The average Bonchev–Trinajstić information content (AvgIpc) is 3.00. The number of hydrogen-bond acceptors (Lipinski definition) is 4. The molecule has 1 N–H and O–H groups in total. The number of halogens is 2. The fraction of sp³-hybridized carbons (Fsp3) is 0.429. The van der Waals surface area contributed by atoms with Gasteiger partial charge in [0.2, 0.25) is 21.8 Å². The average molecular weight is 673 g/mol. The van der Waals surface area contributed by atoms with Crippen LogP contribution >= 0.6 is 23.2 Å². The van der Waals surface area contributed by atoms with Crippen LogP contribution in [0.15, 0.2) is 66.7 Å². The second-order valence-electron chi connectivity index (χ2n) is 12.0. The molecule has 4 rings (SSSR count). The molecule has 0 bridgehead atoms. The van der Waals surface area contributed by atoms with Gasteiger partial charge in [0.25, 0.3) is 0 Å². The molecule has 0 heterocycles. The zero-order valence-electron chi connectivity index (χ0n) is 26.3. The Hall–Kier alpha value is -3.07. The first-order chi connectivity index (χ1) is 21.4. The summed E-state index contributed by atoms with van der Waals surface area (Å²) in [6.07, 6.45) is 6.87. The number of anilines is 1. The fourth-order valence-corrected chi connectivity index (χ4v) is 7.45. The van der Waals surface area contributed by atoms with E-state index in [-0.39, 0.29) is 43.8 Å². The van der Waals surface area contributed by atoms with Crippen LogP contribution in [0.3, 0.4) is 0 Å². The van der Waals surface area contributed by atoms with Crippen molar-refractivity contribution in [2.45, 2.75) is 83.8 Å². The molecule has 10 heteroatoms. The summed E-state index contributed by atoms with van der Waals surface area (Å²) < 4.78 is 27.1. The van der Waals surface area contributed by atoms with Crippen molar-refractivity contribution in [3.8, 4) is 0 Å². The molecule has 3 aromatic carbocycles. The summed E-state index contributed by atoms with van der Waals surface area (Å²) in [6.45, 7) is 3.94. The summed E-state index contributed by atoms with van der Waals surface area (Å²) in [5, 5.41) is 4.04. The Kier molecular flexibility index (Phi) is 12.3. The minimum absolute atomic E-state index is 0.0287. The number of amides is 2. The van der Waals surface area contributed by atoms with Gasteiger partial charge < -0.3 is 10.2 Å². The van der Waals surface area contributed by atoms with Crippen molar-refractivity contribution in [1.29, 1.82) is 0 Å². The molecule has 3 aromatic rings. The first kappa shape index (κ1) is 34.8. The SMILES string of the molecule is Cc1ccc(C)c(N(CCCC(=O)N(Cc2c(Cl)cccc2Cl)[C@@H](Cc2ccccc2)C(=O)NC2CCCCC2)S(C)(=O)=O)c1. The highest BCUT2D eigenvalue weighted by Crippen LogP contribution is 2.29. The fourth-order valence-electron chi connectivity index (χ4n) is 5.92. The van der Waals surface area contributed by atoms with Gasteiger partial charge in [0.1, 0.15) is 6.04 Å². The maximum Gasteiger partial charge on any atom is 0.243 e. The second-order valence-corrected chi connectivity index (χ2v) is 14.7. The zero-order valence-corrected chi connectivity index (χ0v) is 28.6. The largest absolute Gasteiger partial charge is 0.352 e. The Balaban J connectivity index is 1.64. The van der Waals surface area contributed by atoms with E-state index >= 15 is 0 Å². The van der Waals surface area contributed by atoms with Crippen LogP contribution in [0.1, 0.15) is 67.2 Å². The van der Waals surface area contributed by atoms with Crippen molar-refractivity contribution >= 4 is 50.7 Å². The Morgan fingerprint density at radius 1 is 0.933 bits per heavy atom. The molecule has 1 fully saturated rings. The van der Waals surface area contributed by atoms with Gasteiger partial charge in [0, 0.05) is 47.6 Å². The van der Waals surface area contributed by atoms with E-state index in [4.69, 9.17) is 23.2 Å². The first-order valence-electron chi connectivity index (χ1n) is 15.6. The van der Waals surface area contributed by atoms with E-state index in [1.165, 1.54) is 10.6 Å². The van der Waals surface area contributed by atoms with Crippen LogP contribution < -0.4 is 9.62 Å². The molecule has 2 amide bonds. The molecular formula is C35H43Cl2N3O4S. The van der Waals surface area contributed by atoms with E-state index in [2.05, 4.69) is 5.32 Å². The Labute approximate surface area is 278 Å². The van der Waals surface area contributed by atoms with Crippen LogP contribution in [0.5, 0.6) is 0 Å². The summed E-state index contributed by atoms with van der Waals surface area (Å²) in [5.41, 5.74) is 3.84. The molecule has 7 nitrogen and oxygen atoms in total. The number of hydrogen-bond donors (Lipinski definition) is 1. The Bertz CT molecular complexity index is 1560. The second kappa shape index (κ2) is 16.0. The van der Waals surface area contributed by atoms with Crippen LogP contribution in [-0.4, -0.2) is 50.0 Å². The van der Waals surface area contributed by atoms with Crippen molar-refractivity contribution in [3.63, 3.8) is 0 Å². The van der Waals surface area contributed by atoms with Gasteiger partial charge in [0.05, 0.1) is 11.9 Å². The number of nitrogens with one attached hydrogen (secondary N) is 1. The highest BCUT2D eigenvalue weighted by Gasteiger charge is 2.33.